The molecule has 0 saturated carbocycles. The van der Waals surface area contributed by atoms with Crippen LogP contribution in [0.3, 0.4) is 0 Å². The van der Waals surface area contributed by atoms with Crippen LogP contribution in [0.2, 0.25) is 10.0 Å². The topological polar surface area (TPSA) is 88.9 Å². The van der Waals surface area contributed by atoms with Crippen LogP contribution in [0.25, 0.3) is 10.9 Å². The highest BCUT2D eigenvalue weighted by atomic mass is 35.5. The summed E-state index contributed by atoms with van der Waals surface area (Å²) in [5.41, 5.74) is 0.612. The molecule has 1 fully saturated rings. The first-order chi connectivity index (χ1) is 16.8. The first-order valence-electron chi connectivity index (χ1n) is 11.4. The van der Waals surface area contributed by atoms with Crippen LogP contribution in [0.15, 0.2) is 47.5 Å². The van der Waals surface area contributed by atoms with Crippen LogP contribution in [-0.2, 0) is 26.6 Å². The molecular formula is C25H27Cl2N3O5S. The number of benzene rings is 2. The van der Waals surface area contributed by atoms with E-state index in [-0.39, 0.29) is 26.5 Å². The highest BCUT2D eigenvalue weighted by Gasteiger charge is 2.31. The molecule has 0 aliphatic carbocycles. The van der Waals surface area contributed by atoms with Crippen molar-refractivity contribution >= 4 is 61.7 Å². The zero-order valence-electron chi connectivity index (χ0n) is 20.4. The number of aromatic nitrogens is 1. The fourth-order valence-electron chi connectivity index (χ4n) is 4.00. The van der Waals surface area contributed by atoms with Gasteiger partial charge in [0.25, 0.3) is 15.9 Å². The Labute approximate surface area is 220 Å². The molecule has 8 nitrogen and oxygen atoms in total. The lowest BCUT2D eigenvalue weighted by Gasteiger charge is -2.30. The monoisotopic (exact) mass is 551 g/mol. The second-order valence-electron chi connectivity index (χ2n) is 9.70. The molecule has 3 aromatic rings. The van der Waals surface area contributed by atoms with Crippen LogP contribution in [0, 0.1) is 0 Å². The van der Waals surface area contributed by atoms with Crippen LogP contribution >= 0.6 is 23.2 Å². The van der Waals surface area contributed by atoms with E-state index in [0.717, 1.165) is 23.8 Å². The molecule has 11 heteroatoms. The molecule has 1 aliphatic rings. The molecule has 192 valence electrons. The molecule has 0 atom stereocenters. The Hall–Kier alpha value is -2.75. The highest BCUT2D eigenvalue weighted by molar-refractivity contribution is 7.92. The first-order valence-corrected chi connectivity index (χ1v) is 13.5. The Kier molecular flexibility index (Phi) is 7.02. The van der Waals surface area contributed by atoms with Crippen molar-refractivity contribution in [3.63, 3.8) is 0 Å². The van der Waals surface area contributed by atoms with Crippen LogP contribution < -0.4 is 4.31 Å². The number of hydrogen-bond donors (Lipinski definition) is 0. The SMILES string of the molecule is Cn1cc(C(=O)N2CCC2)c2ccc(N(CC(=O)OC(C)(C)C)S(=O)(=O)c3cc(Cl)cc(Cl)c3)cc21. The van der Waals surface area contributed by atoms with E-state index in [1.54, 1.807) is 61.7 Å². The summed E-state index contributed by atoms with van der Waals surface area (Å²) in [5.74, 6) is -0.786. The number of carbonyl (C=O) groups is 2. The number of fused-ring (bicyclic) bond motifs is 1. The highest BCUT2D eigenvalue weighted by Crippen LogP contribution is 2.32. The van der Waals surface area contributed by atoms with Gasteiger partial charge < -0.3 is 14.2 Å². The Morgan fingerprint density at radius 2 is 1.69 bits per heavy atom. The number of carbonyl (C=O) groups excluding carboxylic acids is 2. The number of likely N-dealkylation sites (tertiary alicyclic amines) is 1. The molecule has 0 unspecified atom stereocenters. The summed E-state index contributed by atoms with van der Waals surface area (Å²) in [5, 5.41) is 0.981. The van der Waals surface area contributed by atoms with E-state index in [4.69, 9.17) is 27.9 Å². The third-order valence-corrected chi connectivity index (χ3v) is 7.94. The van der Waals surface area contributed by atoms with E-state index in [1.165, 1.54) is 18.2 Å². The maximum Gasteiger partial charge on any atom is 0.327 e. The third kappa shape index (κ3) is 5.33. The van der Waals surface area contributed by atoms with E-state index in [1.807, 2.05) is 0 Å². The van der Waals surface area contributed by atoms with Crippen LogP contribution in [0.1, 0.15) is 37.6 Å². The maximum absolute atomic E-state index is 13.7. The van der Waals surface area contributed by atoms with Crippen LogP contribution in [0.4, 0.5) is 5.69 Å². The minimum Gasteiger partial charge on any atom is -0.459 e. The molecule has 4 rings (SSSR count). The Bertz CT molecular complexity index is 1440. The lowest BCUT2D eigenvalue weighted by atomic mass is 10.1. The van der Waals surface area contributed by atoms with Crippen molar-refractivity contribution in [1.82, 2.24) is 9.47 Å². The summed E-state index contributed by atoms with van der Waals surface area (Å²) >= 11 is 12.1. The zero-order valence-corrected chi connectivity index (χ0v) is 22.7. The summed E-state index contributed by atoms with van der Waals surface area (Å²) in [4.78, 5) is 27.2. The van der Waals surface area contributed by atoms with E-state index in [0.29, 0.717) is 16.5 Å². The number of rotatable bonds is 6. The molecule has 1 saturated heterocycles. The normalized spacial score (nSPS) is 14.0. The summed E-state index contributed by atoms with van der Waals surface area (Å²) in [6.45, 7) is 5.97. The van der Waals surface area contributed by atoms with Crippen molar-refractivity contribution in [2.45, 2.75) is 37.7 Å². The lowest BCUT2D eigenvalue weighted by molar-refractivity contribution is -0.152. The Morgan fingerprint density at radius 3 is 2.25 bits per heavy atom. The smallest absolute Gasteiger partial charge is 0.327 e. The minimum absolute atomic E-state index is 0.0635. The predicted octanol–water partition coefficient (Wildman–Crippen LogP) is 4.87. The number of aryl methyl sites for hydroxylation is 1. The van der Waals surface area contributed by atoms with Crippen molar-refractivity contribution in [3.05, 3.63) is 58.2 Å². The molecule has 36 heavy (non-hydrogen) atoms. The molecule has 0 radical (unpaired) electrons. The van der Waals surface area contributed by atoms with E-state index in [2.05, 4.69) is 0 Å². The molecule has 0 bridgehead atoms. The average molecular weight is 552 g/mol. The Balaban J connectivity index is 1.81. The van der Waals surface area contributed by atoms with E-state index in [9.17, 15) is 18.0 Å². The van der Waals surface area contributed by atoms with Gasteiger partial charge in [-0.15, -0.1) is 0 Å². The summed E-state index contributed by atoms with van der Waals surface area (Å²) in [6.07, 6.45) is 2.71. The molecule has 1 aromatic heterocycles. The largest absolute Gasteiger partial charge is 0.459 e. The Morgan fingerprint density at radius 1 is 1.06 bits per heavy atom. The van der Waals surface area contributed by atoms with Gasteiger partial charge in [-0.3, -0.25) is 13.9 Å². The van der Waals surface area contributed by atoms with Crippen LogP contribution in [0.5, 0.6) is 0 Å². The molecular weight excluding hydrogens is 525 g/mol. The quantitative estimate of drug-likeness (QED) is 0.408. The predicted molar refractivity (Wildman–Crippen MR) is 140 cm³/mol. The van der Waals surface area contributed by atoms with Gasteiger partial charge in [-0.05, 0) is 63.6 Å². The molecule has 1 amide bonds. The number of hydrogen-bond acceptors (Lipinski definition) is 5. The number of anilines is 1. The third-order valence-electron chi connectivity index (χ3n) is 5.75. The van der Waals surface area contributed by atoms with Gasteiger partial charge in [0.15, 0.2) is 0 Å². The minimum atomic E-state index is -4.27. The number of sulfonamides is 1. The molecule has 2 aromatic carbocycles. The van der Waals surface area contributed by atoms with Crippen molar-refractivity contribution in [1.29, 1.82) is 0 Å². The first kappa shape index (κ1) is 26.3. The lowest BCUT2D eigenvalue weighted by Crippen LogP contribution is -2.41. The van der Waals surface area contributed by atoms with Crippen molar-refractivity contribution in [2.24, 2.45) is 7.05 Å². The van der Waals surface area contributed by atoms with Gasteiger partial charge in [0.1, 0.15) is 12.1 Å². The number of esters is 1. The van der Waals surface area contributed by atoms with Gasteiger partial charge in [0, 0.05) is 41.8 Å². The van der Waals surface area contributed by atoms with E-state index >= 15 is 0 Å². The molecule has 0 spiro atoms. The zero-order chi connectivity index (χ0) is 26.4. The number of amides is 1. The summed E-state index contributed by atoms with van der Waals surface area (Å²) in [7, 11) is -2.49. The summed E-state index contributed by atoms with van der Waals surface area (Å²) < 4.78 is 35.6. The molecule has 1 aliphatic heterocycles. The van der Waals surface area contributed by atoms with Gasteiger partial charge >= 0.3 is 5.97 Å². The molecule has 0 N–H and O–H groups in total. The fourth-order valence-corrected chi connectivity index (χ4v) is 6.13. The number of halogens is 2. The van der Waals surface area contributed by atoms with Gasteiger partial charge in [0.05, 0.1) is 21.7 Å². The van der Waals surface area contributed by atoms with E-state index < -0.39 is 28.1 Å². The number of ether oxygens (including phenoxy) is 1. The van der Waals surface area contributed by atoms with Gasteiger partial charge in [-0.1, -0.05) is 23.2 Å². The average Bonchev–Trinajstić information content (AvgIpc) is 3.04. The maximum atomic E-state index is 13.7. The van der Waals surface area contributed by atoms with Crippen molar-refractivity contribution in [3.8, 4) is 0 Å². The van der Waals surface area contributed by atoms with Crippen LogP contribution in [-0.4, -0.2) is 55.0 Å². The fraction of sp³-hybridized carbons (Fsp3) is 0.360. The second-order valence-corrected chi connectivity index (χ2v) is 12.4. The van der Waals surface area contributed by atoms with Crippen molar-refractivity contribution < 1.29 is 22.7 Å². The number of nitrogens with zero attached hydrogens (tertiary/aromatic N) is 3. The van der Waals surface area contributed by atoms with Crippen molar-refractivity contribution in [2.75, 3.05) is 23.9 Å². The second kappa shape index (κ2) is 9.61. The standard InChI is InChI=1S/C25H27Cl2N3O5S/c1-25(2,3)35-23(31)15-30(36(33,34)19-11-16(26)10-17(27)12-19)18-6-7-20-21(14-28(4)22(20)13-18)24(32)29-8-5-9-29/h6-7,10-14H,5,8-9,15H2,1-4H3. The van der Waals surface area contributed by atoms with Gasteiger partial charge in [-0.2, -0.15) is 0 Å². The van der Waals surface area contributed by atoms with Gasteiger partial charge in [-0.25, -0.2) is 8.42 Å². The van der Waals surface area contributed by atoms with Gasteiger partial charge in [0.2, 0.25) is 0 Å². The summed E-state index contributed by atoms with van der Waals surface area (Å²) in [6, 6.07) is 8.87. The molecule has 2 heterocycles.